The predicted octanol–water partition coefficient (Wildman–Crippen LogP) is 2.43. The molecule has 3 heteroatoms. The largest absolute Gasteiger partial charge is 0.345 e. The molecule has 1 N–H and O–H groups in total. The van der Waals surface area contributed by atoms with Crippen LogP contribution in [0.1, 0.15) is 24.9 Å². The molecule has 0 aliphatic rings. The van der Waals surface area contributed by atoms with Gasteiger partial charge in [0.25, 0.3) is 0 Å². The first-order valence-electron chi connectivity index (χ1n) is 3.45. The minimum absolute atomic E-state index is 0.965. The molecule has 0 unspecified atom stereocenters. The van der Waals surface area contributed by atoms with E-state index in [9.17, 15) is 0 Å². The number of nitrogens with one attached hydrogen (secondary N) is 1. The highest BCUT2D eigenvalue weighted by Crippen LogP contribution is 2.14. The van der Waals surface area contributed by atoms with Gasteiger partial charge in [0.1, 0.15) is 10.4 Å². The molecular weight excluding hydrogens is 192 g/mol. The van der Waals surface area contributed by atoms with Crippen LogP contribution in [0.3, 0.4) is 0 Å². The molecule has 0 saturated heterocycles. The SMILES string of the molecule is CCCc1[nH]c(C)nc1Br. The van der Waals surface area contributed by atoms with Crippen molar-refractivity contribution in [3.05, 3.63) is 16.1 Å². The monoisotopic (exact) mass is 202 g/mol. The van der Waals surface area contributed by atoms with E-state index in [-0.39, 0.29) is 0 Å². The van der Waals surface area contributed by atoms with Crippen molar-refractivity contribution in [3.63, 3.8) is 0 Å². The van der Waals surface area contributed by atoms with Crippen LogP contribution in [-0.4, -0.2) is 9.97 Å². The maximum absolute atomic E-state index is 4.19. The molecule has 1 rings (SSSR count). The van der Waals surface area contributed by atoms with Crippen LogP contribution in [0.5, 0.6) is 0 Å². The molecule has 0 aliphatic carbocycles. The topological polar surface area (TPSA) is 28.7 Å². The maximum atomic E-state index is 4.19. The number of imidazole rings is 1. The highest BCUT2D eigenvalue weighted by atomic mass is 79.9. The molecule has 0 fully saturated rings. The number of hydrogen-bond donors (Lipinski definition) is 1. The Bertz CT molecular complexity index is 217. The zero-order valence-corrected chi connectivity index (χ0v) is 7.83. The first kappa shape index (κ1) is 7.79. The van der Waals surface area contributed by atoms with E-state index < -0.39 is 0 Å². The van der Waals surface area contributed by atoms with E-state index in [4.69, 9.17) is 0 Å². The van der Waals surface area contributed by atoms with Crippen molar-refractivity contribution in [2.45, 2.75) is 26.7 Å². The molecule has 0 aromatic carbocycles. The molecule has 1 heterocycles. The van der Waals surface area contributed by atoms with Gasteiger partial charge >= 0.3 is 0 Å². The zero-order chi connectivity index (χ0) is 7.56. The van der Waals surface area contributed by atoms with Crippen molar-refractivity contribution in [1.29, 1.82) is 0 Å². The van der Waals surface area contributed by atoms with Gasteiger partial charge in [-0.05, 0) is 29.3 Å². The van der Waals surface area contributed by atoms with Gasteiger partial charge in [0.05, 0.1) is 0 Å². The molecular formula is C7H11BrN2. The third-order valence-corrected chi connectivity index (χ3v) is 2.00. The van der Waals surface area contributed by atoms with Gasteiger partial charge in [-0.25, -0.2) is 4.98 Å². The van der Waals surface area contributed by atoms with Crippen LogP contribution < -0.4 is 0 Å². The second kappa shape index (κ2) is 3.19. The van der Waals surface area contributed by atoms with E-state index in [1.807, 2.05) is 6.92 Å². The van der Waals surface area contributed by atoms with Crippen molar-refractivity contribution in [3.8, 4) is 0 Å². The maximum Gasteiger partial charge on any atom is 0.127 e. The molecule has 0 bridgehead atoms. The van der Waals surface area contributed by atoms with Crippen molar-refractivity contribution < 1.29 is 0 Å². The van der Waals surface area contributed by atoms with Gasteiger partial charge in [0, 0.05) is 5.69 Å². The molecule has 0 saturated carbocycles. The quantitative estimate of drug-likeness (QED) is 0.785. The van der Waals surface area contributed by atoms with E-state index in [0.717, 1.165) is 23.3 Å². The van der Waals surface area contributed by atoms with E-state index in [1.54, 1.807) is 0 Å². The normalized spacial score (nSPS) is 10.3. The van der Waals surface area contributed by atoms with E-state index >= 15 is 0 Å². The third kappa shape index (κ3) is 1.59. The van der Waals surface area contributed by atoms with Gasteiger partial charge in [-0.3, -0.25) is 0 Å². The fraction of sp³-hybridized carbons (Fsp3) is 0.571. The lowest BCUT2D eigenvalue weighted by atomic mass is 10.3. The average molecular weight is 203 g/mol. The summed E-state index contributed by atoms with van der Waals surface area (Å²) in [4.78, 5) is 7.38. The first-order chi connectivity index (χ1) is 4.74. The summed E-state index contributed by atoms with van der Waals surface area (Å²) >= 11 is 3.38. The van der Waals surface area contributed by atoms with Crippen LogP contribution in [-0.2, 0) is 6.42 Å². The van der Waals surface area contributed by atoms with Crippen molar-refractivity contribution in [2.75, 3.05) is 0 Å². The van der Waals surface area contributed by atoms with Crippen LogP contribution in [0, 0.1) is 6.92 Å². The summed E-state index contributed by atoms with van der Waals surface area (Å²) in [6, 6.07) is 0. The Kier molecular flexibility index (Phi) is 2.49. The lowest BCUT2D eigenvalue weighted by Crippen LogP contribution is -1.83. The zero-order valence-electron chi connectivity index (χ0n) is 6.24. The van der Waals surface area contributed by atoms with Crippen molar-refractivity contribution in [2.24, 2.45) is 0 Å². The van der Waals surface area contributed by atoms with Gasteiger partial charge < -0.3 is 4.98 Å². The summed E-state index contributed by atoms with van der Waals surface area (Å²) in [7, 11) is 0. The number of aryl methyl sites for hydroxylation is 2. The summed E-state index contributed by atoms with van der Waals surface area (Å²) in [6.45, 7) is 4.12. The smallest absolute Gasteiger partial charge is 0.127 e. The molecule has 10 heavy (non-hydrogen) atoms. The number of aromatic amines is 1. The Hall–Kier alpha value is -0.310. The fourth-order valence-corrected chi connectivity index (χ4v) is 1.49. The van der Waals surface area contributed by atoms with E-state index in [0.29, 0.717) is 0 Å². The summed E-state index contributed by atoms with van der Waals surface area (Å²) < 4.78 is 0.965. The van der Waals surface area contributed by atoms with Gasteiger partial charge in [-0.2, -0.15) is 0 Å². The summed E-state index contributed by atoms with van der Waals surface area (Å²) in [6.07, 6.45) is 2.22. The van der Waals surface area contributed by atoms with E-state index in [1.165, 1.54) is 5.69 Å². The first-order valence-corrected chi connectivity index (χ1v) is 4.24. The lowest BCUT2D eigenvalue weighted by Gasteiger charge is -1.90. The minimum atomic E-state index is 0.965. The molecule has 1 aromatic heterocycles. The summed E-state index contributed by atoms with van der Waals surface area (Å²) in [5.41, 5.74) is 1.21. The summed E-state index contributed by atoms with van der Waals surface area (Å²) in [5, 5.41) is 0. The number of hydrogen-bond acceptors (Lipinski definition) is 1. The van der Waals surface area contributed by atoms with Crippen LogP contribution in [0.15, 0.2) is 4.60 Å². The number of rotatable bonds is 2. The van der Waals surface area contributed by atoms with Crippen molar-refractivity contribution in [1.82, 2.24) is 9.97 Å². The fourth-order valence-electron chi connectivity index (χ4n) is 0.928. The van der Waals surface area contributed by atoms with Gasteiger partial charge in [-0.1, -0.05) is 13.3 Å². The second-order valence-corrected chi connectivity index (χ2v) is 3.09. The van der Waals surface area contributed by atoms with Crippen LogP contribution >= 0.6 is 15.9 Å². The van der Waals surface area contributed by atoms with Crippen LogP contribution in [0.4, 0.5) is 0 Å². The van der Waals surface area contributed by atoms with Crippen LogP contribution in [0.25, 0.3) is 0 Å². The standard InChI is InChI=1S/C7H11BrN2/c1-3-4-6-7(8)10-5(2)9-6/h3-4H2,1-2H3,(H,9,10). The number of nitrogens with zero attached hydrogens (tertiary/aromatic N) is 1. The Morgan fingerprint density at radius 2 is 2.30 bits per heavy atom. The number of H-pyrrole nitrogens is 1. The van der Waals surface area contributed by atoms with E-state index in [2.05, 4.69) is 32.8 Å². The molecule has 0 spiro atoms. The Labute approximate surface area is 69.2 Å². The van der Waals surface area contributed by atoms with Crippen molar-refractivity contribution >= 4 is 15.9 Å². The average Bonchev–Trinajstić information content (AvgIpc) is 2.13. The summed E-state index contributed by atoms with van der Waals surface area (Å²) in [5.74, 6) is 0.982. The number of aromatic nitrogens is 2. The molecule has 56 valence electrons. The molecule has 1 aromatic rings. The minimum Gasteiger partial charge on any atom is -0.345 e. The molecule has 0 atom stereocenters. The Morgan fingerprint density at radius 3 is 2.70 bits per heavy atom. The van der Waals surface area contributed by atoms with Gasteiger partial charge in [0.15, 0.2) is 0 Å². The van der Waals surface area contributed by atoms with Gasteiger partial charge in [-0.15, -0.1) is 0 Å². The predicted molar refractivity (Wildman–Crippen MR) is 45.0 cm³/mol. The third-order valence-electron chi connectivity index (χ3n) is 1.35. The molecule has 0 radical (unpaired) electrons. The lowest BCUT2D eigenvalue weighted by molar-refractivity contribution is 0.883. The highest BCUT2D eigenvalue weighted by Gasteiger charge is 2.01. The molecule has 0 aliphatic heterocycles. The highest BCUT2D eigenvalue weighted by molar-refractivity contribution is 9.10. The number of halogens is 1. The second-order valence-electron chi connectivity index (χ2n) is 2.34. The Morgan fingerprint density at radius 1 is 1.60 bits per heavy atom. The van der Waals surface area contributed by atoms with Gasteiger partial charge in [0.2, 0.25) is 0 Å². The van der Waals surface area contributed by atoms with Crippen LogP contribution in [0.2, 0.25) is 0 Å². The molecule has 2 nitrogen and oxygen atoms in total. The molecule has 0 amide bonds. The Balaban J connectivity index is 2.81.